The molecule has 0 radical (unpaired) electrons. The topological polar surface area (TPSA) is 60.4 Å². The summed E-state index contributed by atoms with van der Waals surface area (Å²) in [7, 11) is 0. The summed E-state index contributed by atoms with van der Waals surface area (Å²) in [6, 6.07) is 5.99. The lowest BCUT2D eigenvalue weighted by Crippen LogP contribution is -2.43. The Kier molecular flexibility index (Phi) is 4.50. The van der Waals surface area contributed by atoms with Gasteiger partial charge in [0.05, 0.1) is 0 Å². The number of carbonyl (C=O) groups is 2. The fourth-order valence-corrected chi connectivity index (χ4v) is 6.09. The third-order valence-corrected chi connectivity index (χ3v) is 7.43. The molecule has 2 saturated carbocycles. The highest BCUT2D eigenvalue weighted by Crippen LogP contribution is 2.59. The van der Waals surface area contributed by atoms with Crippen molar-refractivity contribution in [2.24, 2.45) is 17.3 Å². The van der Waals surface area contributed by atoms with Crippen molar-refractivity contribution in [2.75, 3.05) is 17.3 Å². The minimum Gasteiger partial charge on any atom is -0.530 e. The minimum atomic E-state index is -1.21. The fourth-order valence-electron chi connectivity index (χ4n) is 5.92. The van der Waals surface area contributed by atoms with Crippen LogP contribution in [0.4, 0.5) is 10.5 Å². The molecule has 5 heteroatoms. The molecule has 0 aliphatic heterocycles. The van der Waals surface area contributed by atoms with E-state index < -0.39 is 6.09 Å². The van der Waals surface area contributed by atoms with E-state index >= 15 is 0 Å². The summed E-state index contributed by atoms with van der Waals surface area (Å²) in [5.41, 5.74) is 3.15. The van der Waals surface area contributed by atoms with Crippen LogP contribution in [0.25, 0.3) is 0 Å². The number of aryl methyl sites for hydroxylation is 1. The first-order chi connectivity index (χ1) is 12.5. The summed E-state index contributed by atoms with van der Waals surface area (Å²) in [5.74, 6) is 2.30. The van der Waals surface area contributed by atoms with Crippen LogP contribution in [0.3, 0.4) is 0 Å². The molecule has 3 aliphatic carbocycles. The first kappa shape index (κ1) is 17.8. The van der Waals surface area contributed by atoms with E-state index in [1.165, 1.54) is 16.0 Å². The molecule has 140 valence electrons. The van der Waals surface area contributed by atoms with E-state index in [2.05, 4.69) is 13.0 Å². The SMILES string of the molecule is C[C@]12CC[C@@H]3c4ccc(N(CCCl)C(=O)[O-])cc4CC[C@H]3[C@@H]1CCC2=O. The van der Waals surface area contributed by atoms with Crippen LogP contribution in [0, 0.1) is 17.3 Å². The predicted octanol–water partition coefficient (Wildman–Crippen LogP) is 3.50. The zero-order valence-electron chi connectivity index (χ0n) is 15.2. The number of halogens is 1. The maximum atomic E-state index is 12.4. The van der Waals surface area contributed by atoms with E-state index in [-0.39, 0.29) is 17.8 Å². The number of hydrogen-bond acceptors (Lipinski definition) is 3. The first-order valence-electron chi connectivity index (χ1n) is 9.66. The van der Waals surface area contributed by atoms with Crippen molar-refractivity contribution in [3.63, 3.8) is 0 Å². The Balaban J connectivity index is 1.63. The van der Waals surface area contributed by atoms with Crippen molar-refractivity contribution in [2.45, 2.75) is 51.4 Å². The Morgan fingerprint density at radius 2 is 2.12 bits per heavy atom. The number of fused-ring (bicyclic) bond motifs is 5. The van der Waals surface area contributed by atoms with Gasteiger partial charge in [-0.05, 0) is 73.1 Å². The molecule has 3 aliphatic rings. The van der Waals surface area contributed by atoms with Crippen LogP contribution >= 0.6 is 11.6 Å². The molecular weight excluding hydrogens is 350 g/mol. The molecule has 0 N–H and O–H groups in total. The third-order valence-electron chi connectivity index (χ3n) is 7.26. The summed E-state index contributed by atoms with van der Waals surface area (Å²) in [6.45, 7) is 2.42. The number of carbonyl (C=O) groups excluding carboxylic acids is 2. The molecule has 2 fully saturated rings. The molecule has 0 saturated heterocycles. The van der Waals surface area contributed by atoms with E-state index in [4.69, 9.17) is 11.6 Å². The number of hydrogen-bond donors (Lipinski definition) is 0. The highest BCUT2D eigenvalue weighted by Gasteiger charge is 2.54. The number of Topliss-reactive ketones (excluding diaryl/α,β-unsaturated/α-hetero) is 1. The number of anilines is 1. The van der Waals surface area contributed by atoms with Gasteiger partial charge in [-0.25, -0.2) is 0 Å². The molecule has 0 unspecified atom stereocenters. The van der Waals surface area contributed by atoms with Gasteiger partial charge in [0.2, 0.25) is 0 Å². The van der Waals surface area contributed by atoms with E-state index in [1.54, 1.807) is 0 Å². The minimum absolute atomic E-state index is 0.106. The van der Waals surface area contributed by atoms with Crippen molar-refractivity contribution in [1.82, 2.24) is 0 Å². The fraction of sp³-hybridized carbons (Fsp3) is 0.619. The highest BCUT2D eigenvalue weighted by atomic mass is 35.5. The third kappa shape index (κ3) is 2.65. The molecule has 0 bridgehead atoms. The van der Waals surface area contributed by atoms with Gasteiger partial charge in [-0.3, -0.25) is 4.79 Å². The second kappa shape index (κ2) is 6.56. The normalized spacial score (nSPS) is 32.5. The quantitative estimate of drug-likeness (QED) is 0.761. The average molecular weight is 375 g/mol. The maximum Gasteiger partial charge on any atom is 0.141 e. The van der Waals surface area contributed by atoms with Crippen LogP contribution in [0.5, 0.6) is 0 Å². The summed E-state index contributed by atoms with van der Waals surface area (Å²) < 4.78 is 0. The number of benzene rings is 1. The zero-order valence-corrected chi connectivity index (χ0v) is 15.9. The molecule has 1 aromatic carbocycles. The summed E-state index contributed by atoms with van der Waals surface area (Å²) in [5, 5.41) is 11.4. The van der Waals surface area contributed by atoms with Gasteiger partial charge in [-0.2, -0.15) is 0 Å². The lowest BCUT2D eigenvalue weighted by Gasteiger charge is -2.48. The van der Waals surface area contributed by atoms with Crippen LogP contribution < -0.4 is 10.0 Å². The van der Waals surface area contributed by atoms with Crippen LogP contribution in [-0.2, 0) is 11.2 Å². The van der Waals surface area contributed by atoms with Crippen LogP contribution in [-0.4, -0.2) is 24.3 Å². The Morgan fingerprint density at radius 3 is 2.85 bits per heavy atom. The van der Waals surface area contributed by atoms with E-state index in [0.717, 1.165) is 38.5 Å². The van der Waals surface area contributed by atoms with Crippen molar-refractivity contribution in [1.29, 1.82) is 0 Å². The van der Waals surface area contributed by atoms with Crippen molar-refractivity contribution in [3.8, 4) is 0 Å². The van der Waals surface area contributed by atoms with Gasteiger partial charge >= 0.3 is 0 Å². The van der Waals surface area contributed by atoms with Crippen molar-refractivity contribution >= 4 is 29.2 Å². The number of nitrogens with zero attached hydrogens (tertiary/aromatic N) is 1. The summed E-state index contributed by atoms with van der Waals surface area (Å²) in [6.07, 6.45) is 4.66. The second-order valence-electron chi connectivity index (χ2n) is 8.32. The largest absolute Gasteiger partial charge is 0.530 e. The summed E-state index contributed by atoms with van der Waals surface area (Å²) in [4.78, 5) is 25.0. The first-order valence-corrected chi connectivity index (χ1v) is 10.2. The van der Waals surface area contributed by atoms with E-state index in [0.29, 0.717) is 29.2 Å². The number of alkyl halides is 1. The zero-order chi connectivity index (χ0) is 18.5. The number of rotatable bonds is 3. The van der Waals surface area contributed by atoms with Gasteiger partial charge in [-0.15, -0.1) is 11.6 Å². The van der Waals surface area contributed by atoms with Gasteiger partial charge in [0.1, 0.15) is 11.9 Å². The Morgan fingerprint density at radius 1 is 1.31 bits per heavy atom. The van der Waals surface area contributed by atoms with Crippen molar-refractivity contribution < 1.29 is 14.7 Å². The van der Waals surface area contributed by atoms with E-state index in [9.17, 15) is 14.7 Å². The van der Waals surface area contributed by atoms with Gasteiger partial charge in [-0.1, -0.05) is 13.0 Å². The number of carboxylic acid groups (broad SMARTS) is 1. The molecule has 4 nitrogen and oxygen atoms in total. The highest BCUT2D eigenvalue weighted by molar-refractivity contribution is 6.18. The summed E-state index contributed by atoms with van der Waals surface area (Å²) >= 11 is 5.74. The molecule has 0 aromatic heterocycles. The molecule has 0 spiro atoms. The smallest absolute Gasteiger partial charge is 0.141 e. The Labute approximate surface area is 159 Å². The van der Waals surface area contributed by atoms with E-state index in [1.807, 2.05) is 12.1 Å². The molecule has 4 rings (SSSR count). The Hall–Kier alpha value is -1.55. The van der Waals surface area contributed by atoms with Gasteiger partial charge < -0.3 is 14.8 Å². The van der Waals surface area contributed by atoms with Crippen LogP contribution in [0.2, 0.25) is 0 Å². The molecule has 0 heterocycles. The van der Waals surface area contributed by atoms with Gasteiger partial charge in [0.25, 0.3) is 0 Å². The van der Waals surface area contributed by atoms with Crippen molar-refractivity contribution in [3.05, 3.63) is 29.3 Å². The molecule has 1 amide bonds. The van der Waals surface area contributed by atoms with Crippen LogP contribution in [0.15, 0.2) is 18.2 Å². The monoisotopic (exact) mass is 374 g/mol. The predicted molar refractivity (Wildman–Crippen MR) is 99.5 cm³/mol. The lowest BCUT2D eigenvalue weighted by atomic mass is 9.55. The average Bonchev–Trinajstić information content (AvgIpc) is 2.94. The molecular formula is C21H25ClNO3-. The molecule has 4 atom stereocenters. The lowest BCUT2D eigenvalue weighted by molar-refractivity contribution is -0.246. The maximum absolute atomic E-state index is 12.4. The Bertz CT molecular complexity index is 749. The van der Waals surface area contributed by atoms with Gasteiger partial charge in [0.15, 0.2) is 0 Å². The number of amides is 1. The van der Waals surface area contributed by atoms with Crippen LogP contribution in [0.1, 0.15) is 56.1 Å². The molecule has 1 aromatic rings. The molecule has 26 heavy (non-hydrogen) atoms. The second-order valence-corrected chi connectivity index (χ2v) is 8.70. The standard InChI is InChI=1S/C21H26ClNO3/c1-21-9-8-16-15-5-3-14(23(11-10-22)20(25)26)12-13(15)2-4-17(16)18(21)6-7-19(21)24/h3,5,12,16-18H,2,4,6-11H2,1H3,(H,25,26)/p-1/t16-,17-,18+,21+/m1/s1. The van der Waals surface area contributed by atoms with Gasteiger partial charge in [0, 0.05) is 29.9 Å². The number of ketones is 1.